The van der Waals surface area contributed by atoms with E-state index in [2.05, 4.69) is 15.5 Å². The van der Waals surface area contributed by atoms with Crippen LogP contribution in [-0.2, 0) is 0 Å². The number of hydrogen-bond acceptors (Lipinski definition) is 2. The fraction of sp³-hybridized carbons (Fsp3) is 0.167. The Labute approximate surface area is 97.9 Å². The Hall–Kier alpha value is -2.17. The van der Waals surface area contributed by atoms with Crippen LogP contribution >= 0.6 is 0 Å². The van der Waals surface area contributed by atoms with Crippen molar-refractivity contribution in [3.05, 3.63) is 53.6 Å². The smallest absolute Gasteiger partial charge is 0.251 e. The van der Waals surface area contributed by atoms with Crippen molar-refractivity contribution >= 4 is 5.91 Å². The lowest BCUT2D eigenvalue weighted by Gasteiger charge is -2.11. The van der Waals surface area contributed by atoms with Crippen LogP contribution in [0.1, 0.15) is 28.9 Å². The minimum Gasteiger partial charge on any atom is -0.345 e. The predicted molar refractivity (Wildman–Crippen MR) is 60.9 cm³/mol. The quantitative estimate of drug-likeness (QED) is 0.852. The number of H-pyrrole nitrogens is 1. The lowest BCUT2D eigenvalue weighted by atomic mass is 10.1. The van der Waals surface area contributed by atoms with E-state index in [1.54, 1.807) is 18.5 Å². The van der Waals surface area contributed by atoms with E-state index >= 15 is 0 Å². The van der Waals surface area contributed by atoms with E-state index < -0.39 is 5.82 Å². The van der Waals surface area contributed by atoms with Gasteiger partial charge in [0.15, 0.2) is 0 Å². The average molecular weight is 233 g/mol. The van der Waals surface area contributed by atoms with E-state index in [0.29, 0.717) is 5.56 Å². The molecule has 0 aliphatic carbocycles. The van der Waals surface area contributed by atoms with Gasteiger partial charge >= 0.3 is 0 Å². The first-order valence-electron chi connectivity index (χ1n) is 5.22. The number of halogens is 1. The molecule has 1 unspecified atom stereocenters. The van der Waals surface area contributed by atoms with Crippen molar-refractivity contribution in [1.29, 1.82) is 0 Å². The molecule has 88 valence electrons. The third kappa shape index (κ3) is 2.69. The van der Waals surface area contributed by atoms with E-state index in [9.17, 15) is 9.18 Å². The number of rotatable bonds is 3. The van der Waals surface area contributed by atoms with Gasteiger partial charge in [0.1, 0.15) is 5.82 Å². The summed E-state index contributed by atoms with van der Waals surface area (Å²) in [6, 6.07) is 5.41. The number of carbonyl (C=O) groups is 1. The Morgan fingerprint density at radius 3 is 3.00 bits per heavy atom. The van der Waals surface area contributed by atoms with Gasteiger partial charge < -0.3 is 5.32 Å². The second kappa shape index (κ2) is 4.78. The number of nitrogens with one attached hydrogen (secondary N) is 2. The van der Waals surface area contributed by atoms with Gasteiger partial charge in [-0.3, -0.25) is 9.89 Å². The van der Waals surface area contributed by atoms with Crippen LogP contribution in [-0.4, -0.2) is 16.1 Å². The molecule has 0 fully saturated rings. The second-order valence-electron chi connectivity index (χ2n) is 3.74. The Morgan fingerprint density at radius 2 is 2.35 bits per heavy atom. The zero-order valence-electron chi connectivity index (χ0n) is 9.27. The highest BCUT2D eigenvalue weighted by Gasteiger charge is 2.12. The van der Waals surface area contributed by atoms with E-state index in [1.165, 1.54) is 18.2 Å². The van der Waals surface area contributed by atoms with Crippen molar-refractivity contribution in [1.82, 2.24) is 15.5 Å². The molecule has 5 heteroatoms. The zero-order valence-corrected chi connectivity index (χ0v) is 9.27. The molecule has 0 saturated heterocycles. The first-order valence-corrected chi connectivity index (χ1v) is 5.22. The Kier molecular flexibility index (Phi) is 3.18. The first-order chi connectivity index (χ1) is 8.16. The van der Waals surface area contributed by atoms with Gasteiger partial charge in [0, 0.05) is 17.3 Å². The molecule has 1 aromatic heterocycles. The normalized spacial score (nSPS) is 12.1. The van der Waals surface area contributed by atoms with Gasteiger partial charge in [-0.1, -0.05) is 6.07 Å². The van der Waals surface area contributed by atoms with Crippen LogP contribution in [0.4, 0.5) is 4.39 Å². The van der Waals surface area contributed by atoms with E-state index in [1.807, 2.05) is 6.92 Å². The number of nitrogens with zero attached hydrogens (tertiary/aromatic N) is 1. The van der Waals surface area contributed by atoms with Crippen molar-refractivity contribution in [2.75, 3.05) is 0 Å². The maximum atomic E-state index is 12.9. The number of aromatic amines is 1. The molecule has 1 atom stereocenters. The summed E-state index contributed by atoms with van der Waals surface area (Å²) in [6.45, 7) is 1.84. The van der Waals surface area contributed by atoms with Gasteiger partial charge in [0.2, 0.25) is 0 Å². The highest BCUT2D eigenvalue weighted by Crippen LogP contribution is 2.11. The molecule has 0 saturated carbocycles. The van der Waals surface area contributed by atoms with Crippen LogP contribution in [0.25, 0.3) is 0 Å². The van der Waals surface area contributed by atoms with Gasteiger partial charge in [-0.15, -0.1) is 0 Å². The molecule has 2 N–H and O–H groups in total. The minimum absolute atomic E-state index is 0.176. The topological polar surface area (TPSA) is 57.8 Å². The van der Waals surface area contributed by atoms with Gasteiger partial charge in [-0.25, -0.2) is 4.39 Å². The molecule has 1 heterocycles. The van der Waals surface area contributed by atoms with Crippen molar-refractivity contribution in [2.24, 2.45) is 0 Å². The highest BCUT2D eigenvalue weighted by molar-refractivity contribution is 5.94. The Bertz CT molecular complexity index is 510. The summed E-state index contributed by atoms with van der Waals surface area (Å²) in [5.74, 6) is -0.730. The average Bonchev–Trinajstić information content (AvgIpc) is 2.82. The monoisotopic (exact) mass is 233 g/mol. The molecular formula is C12H12FN3O. The SMILES string of the molecule is CC(NC(=O)c1cccc(F)c1)c1cn[nH]c1. The van der Waals surface area contributed by atoms with Crippen molar-refractivity contribution in [2.45, 2.75) is 13.0 Å². The largest absolute Gasteiger partial charge is 0.345 e. The standard InChI is InChI=1S/C12H12FN3O/c1-8(10-6-14-15-7-10)16-12(17)9-3-2-4-11(13)5-9/h2-8H,1H3,(H,14,15)(H,16,17). The fourth-order valence-corrected chi connectivity index (χ4v) is 1.49. The van der Waals surface area contributed by atoms with Gasteiger partial charge in [-0.05, 0) is 25.1 Å². The lowest BCUT2D eigenvalue weighted by Crippen LogP contribution is -2.26. The number of carbonyl (C=O) groups excluding carboxylic acids is 1. The molecule has 0 bridgehead atoms. The Balaban J connectivity index is 2.07. The van der Waals surface area contributed by atoms with E-state index in [4.69, 9.17) is 0 Å². The second-order valence-corrected chi connectivity index (χ2v) is 3.74. The van der Waals surface area contributed by atoms with Crippen molar-refractivity contribution in [3.8, 4) is 0 Å². The molecular weight excluding hydrogens is 221 g/mol. The first kappa shape index (κ1) is 11.3. The van der Waals surface area contributed by atoms with Gasteiger partial charge in [-0.2, -0.15) is 5.10 Å². The molecule has 0 radical (unpaired) electrons. The third-order valence-electron chi connectivity index (χ3n) is 2.45. The van der Waals surface area contributed by atoms with Crippen LogP contribution in [0.2, 0.25) is 0 Å². The summed E-state index contributed by atoms with van der Waals surface area (Å²) in [7, 11) is 0. The summed E-state index contributed by atoms with van der Waals surface area (Å²) in [6.07, 6.45) is 3.34. The number of benzene rings is 1. The predicted octanol–water partition coefficient (Wildman–Crippen LogP) is 2.04. The number of aromatic nitrogens is 2. The maximum absolute atomic E-state index is 12.9. The van der Waals surface area contributed by atoms with Crippen LogP contribution < -0.4 is 5.32 Å². The van der Waals surface area contributed by atoms with Crippen molar-refractivity contribution < 1.29 is 9.18 Å². The molecule has 0 aliphatic heterocycles. The molecule has 1 amide bonds. The van der Waals surface area contributed by atoms with E-state index in [0.717, 1.165) is 5.56 Å². The van der Waals surface area contributed by atoms with Gasteiger partial charge in [0.05, 0.1) is 12.2 Å². The molecule has 2 aromatic rings. The van der Waals surface area contributed by atoms with Crippen LogP contribution in [0.15, 0.2) is 36.7 Å². The summed E-state index contributed by atoms with van der Waals surface area (Å²) < 4.78 is 12.9. The molecule has 0 spiro atoms. The van der Waals surface area contributed by atoms with E-state index in [-0.39, 0.29) is 11.9 Å². The molecule has 4 nitrogen and oxygen atoms in total. The minimum atomic E-state index is -0.423. The summed E-state index contributed by atoms with van der Waals surface area (Å²) in [5.41, 5.74) is 1.18. The van der Waals surface area contributed by atoms with Gasteiger partial charge in [0.25, 0.3) is 5.91 Å². The van der Waals surface area contributed by atoms with Crippen LogP contribution in [0.5, 0.6) is 0 Å². The molecule has 17 heavy (non-hydrogen) atoms. The van der Waals surface area contributed by atoms with Crippen molar-refractivity contribution in [3.63, 3.8) is 0 Å². The Morgan fingerprint density at radius 1 is 1.53 bits per heavy atom. The van der Waals surface area contributed by atoms with Crippen LogP contribution in [0, 0.1) is 5.82 Å². The summed E-state index contributed by atoms with van der Waals surface area (Å²) in [5, 5.41) is 9.23. The summed E-state index contributed by atoms with van der Waals surface area (Å²) in [4.78, 5) is 11.8. The maximum Gasteiger partial charge on any atom is 0.251 e. The molecule has 1 aromatic carbocycles. The molecule has 2 rings (SSSR count). The molecule has 0 aliphatic rings. The summed E-state index contributed by atoms with van der Waals surface area (Å²) >= 11 is 0. The fourth-order valence-electron chi connectivity index (χ4n) is 1.49. The zero-order chi connectivity index (χ0) is 12.3. The lowest BCUT2D eigenvalue weighted by molar-refractivity contribution is 0.0939. The number of hydrogen-bond donors (Lipinski definition) is 2. The third-order valence-corrected chi connectivity index (χ3v) is 2.45. The highest BCUT2D eigenvalue weighted by atomic mass is 19.1. The van der Waals surface area contributed by atoms with Crippen LogP contribution in [0.3, 0.4) is 0 Å². The number of amides is 1.